The topological polar surface area (TPSA) is 47.6 Å². The van der Waals surface area contributed by atoms with Gasteiger partial charge < -0.3 is 14.8 Å². The molecule has 4 nitrogen and oxygen atoms in total. The van der Waals surface area contributed by atoms with Crippen LogP contribution in [-0.4, -0.2) is 31.3 Å². The fourth-order valence-electron chi connectivity index (χ4n) is 1.97. The molecule has 1 N–H and O–H groups in total. The molecule has 1 amide bonds. The van der Waals surface area contributed by atoms with Gasteiger partial charge in [-0.15, -0.1) is 0 Å². The van der Waals surface area contributed by atoms with Crippen LogP contribution in [0.2, 0.25) is 0 Å². The third-order valence-electron chi connectivity index (χ3n) is 3.53. The fraction of sp³-hybridized carbons (Fsp3) is 0.588. The Balaban J connectivity index is 1.66. The van der Waals surface area contributed by atoms with Crippen molar-refractivity contribution in [1.29, 1.82) is 0 Å². The maximum atomic E-state index is 12.9. The molecule has 1 aromatic rings. The van der Waals surface area contributed by atoms with E-state index >= 15 is 0 Å². The van der Waals surface area contributed by atoms with Gasteiger partial charge in [0.25, 0.3) is 5.91 Å². The molecule has 1 aromatic carbocycles. The Labute approximate surface area is 131 Å². The standard InChI is InChI=1S/C17H24FNO3/c1-17(2,22-15-8-6-14(18)7-9-15)16(20)19-10-3-11-21-12-13-4-5-13/h6-9,13H,3-5,10-12H2,1-2H3,(H,19,20). The second-order valence-electron chi connectivity index (χ2n) is 6.19. The molecule has 0 spiro atoms. The van der Waals surface area contributed by atoms with Gasteiger partial charge >= 0.3 is 0 Å². The minimum Gasteiger partial charge on any atom is -0.478 e. The predicted molar refractivity (Wildman–Crippen MR) is 82.3 cm³/mol. The zero-order chi connectivity index (χ0) is 16.0. The molecule has 1 fully saturated rings. The molecular formula is C17H24FNO3. The van der Waals surface area contributed by atoms with Crippen LogP contribution >= 0.6 is 0 Å². The fourth-order valence-corrected chi connectivity index (χ4v) is 1.97. The number of rotatable bonds is 9. The molecule has 1 saturated carbocycles. The van der Waals surface area contributed by atoms with Crippen LogP contribution in [0.15, 0.2) is 24.3 Å². The quantitative estimate of drug-likeness (QED) is 0.714. The number of benzene rings is 1. The maximum absolute atomic E-state index is 12.9. The number of carbonyl (C=O) groups is 1. The highest BCUT2D eigenvalue weighted by molar-refractivity contribution is 5.84. The summed E-state index contributed by atoms with van der Waals surface area (Å²) >= 11 is 0. The SMILES string of the molecule is CC(C)(Oc1ccc(F)cc1)C(=O)NCCCOCC1CC1. The first-order valence-corrected chi connectivity index (χ1v) is 7.78. The Kier molecular flexibility index (Phi) is 5.77. The van der Waals surface area contributed by atoms with Crippen molar-refractivity contribution in [2.75, 3.05) is 19.8 Å². The van der Waals surface area contributed by atoms with Gasteiger partial charge in [0.1, 0.15) is 11.6 Å². The van der Waals surface area contributed by atoms with Crippen LogP contribution in [0.3, 0.4) is 0 Å². The Morgan fingerprint density at radius 1 is 1.32 bits per heavy atom. The summed E-state index contributed by atoms with van der Waals surface area (Å²) in [5, 5.41) is 2.84. The van der Waals surface area contributed by atoms with E-state index in [0.29, 0.717) is 18.9 Å². The van der Waals surface area contributed by atoms with Crippen molar-refractivity contribution in [2.24, 2.45) is 5.92 Å². The van der Waals surface area contributed by atoms with E-state index in [1.165, 1.54) is 37.1 Å². The van der Waals surface area contributed by atoms with E-state index in [1.54, 1.807) is 13.8 Å². The number of amides is 1. The van der Waals surface area contributed by atoms with Crippen LogP contribution in [-0.2, 0) is 9.53 Å². The molecule has 1 aliphatic rings. The summed E-state index contributed by atoms with van der Waals surface area (Å²) in [5.74, 6) is 0.701. The van der Waals surface area contributed by atoms with Gasteiger partial charge in [-0.3, -0.25) is 4.79 Å². The van der Waals surface area contributed by atoms with E-state index in [9.17, 15) is 9.18 Å². The summed E-state index contributed by atoms with van der Waals surface area (Å²) in [4.78, 5) is 12.1. The summed E-state index contributed by atoms with van der Waals surface area (Å²) in [6.45, 7) is 5.44. The van der Waals surface area contributed by atoms with Gasteiger partial charge in [-0.05, 0) is 63.3 Å². The molecule has 22 heavy (non-hydrogen) atoms. The van der Waals surface area contributed by atoms with Crippen molar-refractivity contribution >= 4 is 5.91 Å². The summed E-state index contributed by atoms with van der Waals surface area (Å²) < 4.78 is 24.0. The van der Waals surface area contributed by atoms with Crippen molar-refractivity contribution in [2.45, 2.75) is 38.7 Å². The van der Waals surface area contributed by atoms with E-state index in [-0.39, 0.29) is 11.7 Å². The molecule has 1 aliphatic carbocycles. The van der Waals surface area contributed by atoms with Crippen LogP contribution in [0.1, 0.15) is 33.1 Å². The van der Waals surface area contributed by atoms with Crippen molar-refractivity contribution in [3.05, 3.63) is 30.1 Å². The number of nitrogens with one attached hydrogen (secondary N) is 1. The molecule has 0 saturated heterocycles. The largest absolute Gasteiger partial charge is 0.478 e. The van der Waals surface area contributed by atoms with Gasteiger partial charge in [0.15, 0.2) is 5.60 Å². The molecular weight excluding hydrogens is 285 g/mol. The molecule has 2 rings (SSSR count). The Bertz CT molecular complexity index is 483. The van der Waals surface area contributed by atoms with E-state index in [1.807, 2.05) is 0 Å². The highest BCUT2D eigenvalue weighted by Crippen LogP contribution is 2.28. The molecule has 0 bridgehead atoms. The molecule has 0 aliphatic heterocycles. The molecule has 0 aromatic heterocycles. The molecule has 0 unspecified atom stereocenters. The molecule has 0 heterocycles. The van der Waals surface area contributed by atoms with Gasteiger partial charge in [0.05, 0.1) is 0 Å². The maximum Gasteiger partial charge on any atom is 0.263 e. The van der Waals surface area contributed by atoms with E-state index in [4.69, 9.17) is 9.47 Å². The van der Waals surface area contributed by atoms with Gasteiger partial charge in [0.2, 0.25) is 0 Å². The average molecular weight is 309 g/mol. The first-order chi connectivity index (χ1) is 10.5. The monoisotopic (exact) mass is 309 g/mol. The minimum atomic E-state index is -1.01. The highest BCUT2D eigenvalue weighted by atomic mass is 19.1. The van der Waals surface area contributed by atoms with Gasteiger partial charge in [0, 0.05) is 19.8 Å². The van der Waals surface area contributed by atoms with Crippen molar-refractivity contribution in [3.63, 3.8) is 0 Å². The van der Waals surface area contributed by atoms with E-state index in [0.717, 1.165) is 18.9 Å². The van der Waals surface area contributed by atoms with Crippen LogP contribution in [0.25, 0.3) is 0 Å². The summed E-state index contributed by atoms with van der Waals surface area (Å²) in [5.41, 5.74) is -1.01. The Morgan fingerprint density at radius 3 is 2.64 bits per heavy atom. The summed E-state index contributed by atoms with van der Waals surface area (Å²) in [7, 11) is 0. The smallest absolute Gasteiger partial charge is 0.263 e. The number of carbonyl (C=O) groups excluding carboxylic acids is 1. The Morgan fingerprint density at radius 2 is 2.00 bits per heavy atom. The Hall–Kier alpha value is -1.62. The van der Waals surface area contributed by atoms with Gasteiger partial charge in [-0.2, -0.15) is 0 Å². The lowest BCUT2D eigenvalue weighted by atomic mass is 10.1. The third-order valence-corrected chi connectivity index (χ3v) is 3.53. The average Bonchev–Trinajstić information content (AvgIpc) is 3.29. The summed E-state index contributed by atoms with van der Waals surface area (Å²) in [6, 6.07) is 5.63. The van der Waals surface area contributed by atoms with Crippen LogP contribution in [0.4, 0.5) is 4.39 Å². The molecule has 0 radical (unpaired) electrons. The third kappa shape index (κ3) is 5.64. The zero-order valence-corrected chi connectivity index (χ0v) is 13.2. The second-order valence-corrected chi connectivity index (χ2v) is 6.19. The van der Waals surface area contributed by atoms with Crippen molar-refractivity contribution in [1.82, 2.24) is 5.32 Å². The number of hydrogen-bond donors (Lipinski definition) is 1. The molecule has 0 atom stereocenters. The van der Waals surface area contributed by atoms with E-state index < -0.39 is 5.60 Å². The highest BCUT2D eigenvalue weighted by Gasteiger charge is 2.29. The van der Waals surface area contributed by atoms with Crippen LogP contribution in [0, 0.1) is 11.7 Å². The lowest BCUT2D eigenvalue weighted by Crippen LogP contribution is -2.46. The molecule has 122 valence electrons. The van der Waals surface area contributed by atoms with Gasteiger partial charge in [-0.25, -0.2) is 4.39 Å². The first-order valence-electron chi connectivity index (χ1n) is 7.78. The number of ether oxygens (including phenoxy) is 2. The molecule has 5 heteroatoms. The van der Waals surface area contributed by atoms with Crippen LogP contribution < -0.4 is 10.1 Å². The zero-order valence-electron chi connectivity index (χ0n) is 13.2. The van der Waals surface area contributed by atoms with E-state index in [2.05, 4.69) is 5.32 Å². The normalized spacial score (nSPS) is 14.7. The lowest BCUT2D eigenvalue weighted by Gasteiger charge is -2.25. The number of hydrogen-bond acceptors (Lipinski definition) is 3. The van der Waals surface area contributed by atoms with Crippen molar-refractivity contribution < 1.29 is 18.7 Å². The predicted octanol–water partition coefficient (Wildman–Crippen LogP) is 2.92. The van der Waals surface area contributed by atoms with Gasteiger partial charge in [-0.1, -0.05) is 0 Å². The van der Waals surface area contributed by atoms with Crippen molar-refractivity contribution in [3.8, 4) is 5.75 Å². The second kappa shape index (κ2) is 7.58. The number of halogens is 1. The first kappa shape index (κ1) is 16.7. The summed E-state index contributed by atoms with van der Waals surface area (Å²) in [6.07, 6.45) is 3.35. The minimum absolute atomic E-state index is 0.195. The lowest BCUT2D eigenvalue weighted by molar-refractivity contribution is -0.134. The van der Waals surface area contributed by atoms with Crippen LogP contribution in [0.5, 0.6) is 5.75 Å².